The predicted molar refractivity (Wildman–Crippen MR) is 70.6 cm³/mol. The summed E-state index contributed by atoms with van der Waals surface area (Å²) < 4.78 is 5.59. The van der Waals surface area contributed by atoms with Crippen molar-refractivity contribution in [1.29, 1.82) is 0 Å². The number of nitrogens with two attached hydrogens (primary N) is 4. The fourth-order valence-corrected chi connectivity index (χ4v) is 1.46. The van der Waals surface area contributed by atoms with E-state index in [0.29, 0.717) is 22.9 Å². The first-order valence-corrected chi connectivity index (χ1v) is 5.05. The lowest BCUT2D eigenvalue weighted by atomic mass is 10.2. The molecule has 0 bridgehead atoms. The minimum Gasteiger partial charge on any atom is -0.453 e. The van der Waals surface area contributed by atoms with Gasteiger partial charge in [0.1, 0.15) is 11.4 Å². The van der Waals surface area contributed by atoms with Crippen LogP contribution in [0.3, 0.4) is 0 Å². The van der Waals surface area contributed by atoms with Crippen molar-refractivity contribution < 1.29 is 4.74 Å². The fraction of sp³-hybridized carbons (Fsp3) is 0. The summed E-state index contributed by atoms with van der Waals surface area (Å²) in [6.07, 6.45) is 0. The van der Waals surface area contributed by atoms with Crippen LogP contribution in [0.4, 0.5) is 22.7 Å². The summed E-state index contributed by atoms with van der Waals surface area (Å²) in [5.74, 6) is 0.970. The molecule has 0 aliphatic carbocycles. The summed E-state index contributed by atoms with van der Waals surface area (Å²) in [6.45, 7) is 0. The molecule has 5 nitrogen and oxygen atoms in total. The van der Waals surface area contributed by atoms with E-state index in [1.165, 1.54) is 6.07 Å². The van der Waals surface area contributed by atoms with Gasteiger partial charge in [-0.25, -0.2) is 0 Å². The maximum Gasteiger partial charge on any atom is 0.175 e. The van der Waals surface area contributed by atoms with Gasteiger partial charge >= 0.3 is 0 Å². The van der Waals surface area contributed by atoms with Gasteiger partial charge in [-0.05, 0) is 18.2 Å². The normalized spacial score (nSPS) is 10.1. The van der Waals surface area contributed by atoms with Gasteiger partial charge in [0.2, 0.25) is 0 Å². The molecule has 17 heavy (non-hydrogen) atoms. The highest BCUT2D eigenvalue weighted by molar-refractivity contribution is 5.88. The lowest BCUT2D eigenvalue weighted by Crippen LogP contribution is -2.05. The number of ether oxygens (including phenoxy) is 1. The topological polar surface area (TPSA) is 113 Å². The third-order valence-corrected chi connectivity index (χ3v) is 2.38. The van der Waals surface area contributed by atoms with Gasteiger partial charge < -0.3 is 27.7 Å². The summed E-state index contributed by atoms with van der Waals surface area (Å²) in [6, 6.07) is 10.7. The van der Waals surface area contributed by atoms with Crippen LogP contribution in [0.1, 0.15) is 0 Å². The van der Waals surface area contributed by atoms with Crippen LogP contribution in [0.2, 0.25) is 0 Å². The molecule has 0 unspecified atom stereocenters. The smallest absolute Gasteiger partial charge is 0.175 e. The molecular formula is C12H14N4O. The van der Waals surface area contributed by atoms with Crippen LogP contribution in [0, 0.1) is 0 Å². The van der Waals surface area contributed by atoms with Gasteiger partial charge in [-0.2, -0.15) is 0 Å². The van der Waals surface area contributed by atoms with Crippen molar-refractivity contribution in [2.24, 2.45) is 0 Å². The molecule has 2 rings (SSSR count). The van der Waals surface area contributed by atoms with Crippen molar-refractivity contribution in [2.45, 2.75) is 0 Å². The number of para-hydroxylation sites is 1. The molecular weight excluding hydrogens is 216 g/mol. The number of hydrogen-bond donors (Lipinski definition) is 4. The molecule has 0 aliphatic heterocycles. The Labute approximate surface area is 99.0 Å². The maximum absolute atomic E-state index is 5.82. The zero-order valence-corrected chi connectivity index (χ0v) is 9.18. The van der Waals surface area contributed by atoms with E-state index in [1.807, 2.05) is 18.2 Å². The first kappa shape index (κ1) is 10.9. The fourth-order valence-electron chi connectivity index (χ4n) is 1.46. The largest absolute Gasteiger partial charge is 0.453 e. The molecule has 0 aromatic heterocycles. The second kappa shape index (κ2) is 4.13. The van der Waals surface area contributed by atoms with Crippen molar-refractivity contribution in [1.82, 2.24) is 0 Å². The van der Waals surface area contributed by atoms with Crippen molar-refractivity contribution in [3.8, 4) is 11.5 Å². The Morgan fingerprint density at radius 1 is 0.765 bits per heavy atom. The molecule has 0 heterocycles. The summed E-state index contributed by atoms with van der Waals surface area (Å²) in [4.78, 5) is 0. The average molecular weight is 230 g/mol. The second-order valence-electron chi connectivity index (χ2n) is 3.63. The Balaban J connectivity index is 2.43. The zero-order valence-electron chi connectivity index (χ0n) is 9.18. The quantitative estimate of drug-likeness (QED) is 0.587. The summed E-state index contributed by atoms with van der Waals surface area (Å²) in [7, 11) is 0. The number of rotatable bonds is 2. The Bertz CT molecular complexity index is 540. The standard InChI is InChI=1S/C12H14N4O/c13-8-6-9(14)12(11(16)10(8)15)17-7-4-2-1-3-5-7/h1-6H,13-16H2. The molecule has 0 radical (unpaired) electrons. The minimum atomic E-state index is 0.256. The molecule has 0 saturated carbocycles. The molecule has 2 aromatic rings. The molecule has 0 atom stereocenters. The molecule has 0 aliphatic rings. The minimum absolute atomic E-state index is 0.256. The second-order valence-corrected chi connectivity index (χ2v) is 3.63. The van der Waals surface area contributed by atoms with Gasteiger partial charge in [0.15, 0.2) is 5.75 Å². The lowest BCUT2D eigenvalue weighted by molar-refractivity contribution is 0.488. The van der Waals surface area contributed by atoms with E-state index in [2.05, 4.69) is 0 Å². The van der Waals surface area contributed by atoms with Crippen LogP contribution in [0.25, 0.3) is 0 Å². The van der Waals surface area contributed by atoms with E-state index in [1.54, 1.807) is 12.1 Å². The highest BCUT2D eigenvalue weighted by Crippen LogP contribution is 2.40. The van der Waals surface area contributed by atoms with Crippen LogP contribution in [-0.2, 0) is 0 Å². The molecule has 8 N–H and O–H groups in total. The third-order valence-electron chi connectivity index (χ3n) is 2.38. The number of nitrogen functional groups attached to an aromatic ring is 4. The maximum atomic E-state index is 5.82. The van der Waals surface area contributed by atoms with Gasteiger partial charge in [-0.1, -0.05) is 18.2 Å². The Morgan fingerprint density at radius 2 is 1.41 bits per heavy atom. The van der Waals surface area contributed by atoms with Crippen molar-refractivity contribution in [3.05, 3.63) is 36.4 Å². The monoisotopic (exact) mass is 230 g/mol. The molecule has 88 valence electrons. The van der Waals surface area contributed by atoms with Gasteiger partial charge in [-0.3, -0.25) is 0 Å². The van der Waals surface area contributed by atoms with E-state index in [0.717, 1.165) is 0 Å². The van der Waals surface area contributed by atoms with Crippen LogP contribution in [0.15, 0.2) is 36.4 Å². The molecule has 5 heteroatoms. The van der Waals surface area contributed by atoms with Gasteiger partial charge in [0, 0.05) is 0 Å². The van der Waals surface area contributed by atoms with Crippen molar-refractivity contribution in [3.63, 3.8) is 0 Å². The molecule has 0 fully saturated rings. The number of hydrogen-bond acceptors (Lipinski definition) is 5. The van der Waals surface area contributed by atoms with E-state index in [4.69, 9.17) is 27.7 Å². The van der Waals surface area contributed by atoms with Crippen LogP contribution in [-0.4, -0.2) is 0 Å². The summed E-state index contributed by atoms with van der Waals surface area (Å²) in [5, 5.41) is 0. The summed E-state index contributed by atoms with van der Waals surface area (Å²) >= 11 is 0. The van der Waals surface area contributed by atoms with Crippen molar-refractivity contribution >= 4 is 22.7 Å². The van der Waals surface area contributed by atoms with Gasteiger partial charge in [0.05, 0.1) is 17.1 Å². The summed E-state index contributed by atoms with van der Waals surface area (Å²) in [5.41, 5.74) is 24.2. The lowest BCUT2D eigenvalue weighted by Gasteiger charge is -2.14. The van der Waals surface area contributed by atoms with Gasteiger partial charge in [0.25, 0.3) is 0 Å². The Morgan fingerprint density at radius 3 is 2.06 bits per heavy atom. The van der Waals surface area contributed by atoms with Crippen molar-refractivity contribution in [2.75, 3.05) is 22.9 Å². The highest BCUT2D eigenvalue weighted by Gasteiger charge is 2.12. The molecule has 0 spiro atoms. The van der Waals surface area contributed by atoms with Gasteiger partial charge in [-0.15, -0.1) is 0 Å². The van der Waals surface area contributed by atoms with E-state index < -0.39 is 0 Å². The third kappa shape index (κ3) is 2.03. The average Bonchev–Trinajstić information content (AvgIpc) is 2.33. The van der Waals surface area contributed by atoms with Crippen LogP contribution in [0.5, 0.6) is 11.5 Å². The number of anilines is 4. The number of benzene rings is 2. The Hall–Kier alpha value is -2.56. The molecule has 0 amide bonds. The molecule has 2 aromatic carbocycles. The van der Waals surface area contributed by atoms with E-state index in [9.17, 15) is 0 Å². The first-order valence-electron chi connectivity index (χ1n) is 5.05. The predicted octanol–water partition coefficient (Wildman–Crippen LogP) is 1.81. The Kier molecular flexibility index (Phi) is 2.66. The SMILES string of the molecule is Nc1cc(N)c(Oc2ccccc2)c(N)c1N. The van der Waals surface area contributed by atoms with E-state index >= 15 is 0 Å². The highest BCUT2D eigenvalue weighted by atomic mass is 16.5. The van der Waals surface area contributed by atoms with Crippen LogP contribution >= 0.6 is 0 Å². The van der Waals surface area contributed by atoms with E-state index in [-0.39, 0.29) is 11.4 Å². The van der Waals surface area contributed by atoms with Crippen LogP contribution < -0.4 is 27.7 Å². The molecule has 0 saturated heterocycles. The zero-order chi connectivity index (χ0) is 12.4. The first-order chi connectivity index (χ1) is 8.09.